The number of sulfonamides is 1. The first kappa shape index (κ1) is 24.6. The number of esters is 1. The van der Waals surface area contributed by atoms with Crippen LogP contribution in [0.5, 0.6) is 0 Å². The molecule has 2 aliphatic rings. The molecule has 2 aromatic carbocycles. The number of anilines is 2. The van der Waals surface area contributed by atoms with Gasteiger partial charge in [-0.3, -0.25) is 14.9 Å². The lowest BCUT2D eigenvalue weighted by Gasteiger charge is -2.17. The maximum atomic E-state index is 12.6. The van der Waals surface area contributed by atoms with Crippen LogP contribution in [-0.4, -0.2) is 62.3 Å². The summed E-state index contributed by atoms with van der Waals surface area (Å²) < 4.78 is 31.6. The highest BCUT2D eigenvalue weighted by Crippen LogP contribution is 2.32. The predicted molar refractivity (Wildman–Crippen MR) is 128 cm³/mol. The van der Waals surface area contributed by atoms with E-state index >= 15 is 0 Å². The van der Waals surface area contributed by atoms with E-state index in [-0.39, 0.29) is 16.1 Å². The van der Waals surface area contributed by atoms with E-state index < -0.39 is 33.4 Å². The number of nitro groups is 1. The molecule has 2 saturated heterocycles. The summed E-state index contributed by atoms with van der Waals surface area (Å²) in [5.74, 6) is -1.49. The zero-order valence-corrected chi connectivity index (χ0v) is 19.8. The Hall–Kier alpha value is -3.51. The fraction of sp³-hybridized carbons (Fsp3) is 0.391. The number of hydrogen-bond donors (Lipinski definition) is 1. The van der Waals surface area contributed by atoms with E-state index in [0.29, 0.717) is 24.5 Å². The Balaban J connectivity index is 1.34. The van der Waals surface area contributed by atoms with Crippen molar-refractivity contribution in [3.63, 3.8) is 0 Å². The number of nitro benzene ring substituents is 1. The highest BCUT2D eigenvalue weighted by Gasteiger charge is 2.27. The number of nitrogens with one attached hydrogen (secondary N) is 1. The third kappa shape index (κ3) is 5.60. The third-order valence-electron chi connectivity index (χ3n) is 6.03. The smallest absolute Gasteiger partial charge is 0.338 e. The van der Waals surface area contributed by atoms with Gasteiger partial charge in [0, 0.05) is 37.9 Å². The summed E-state index contributed by atoms with van der Waals surface area (Å²) in [6, 6.07) is 9.88. The molecule has 2 heterocycles. The molecule has 11 nitrogen and oxygen atoms in total. The average molecular weight is 503 g/mol. The van der Waals surface area contributed by atoms with Crippen molar-refractivity contribution < 1.29 is 27.7 Å². The summed E-state index contributed by atoms with van der Waals surface area (Å²) in [5, 5.41) is 14.0. The molecule has 2 aromatic rings. The van der Waals surface area contributed by atoms with Crippen LogP contribution < -0.4 is 10.2 Å². The van der Waals surface area contributed by atoms with Crippen LogP contribution in [0.2, 0.25) is 0 Å². The van der Waals surface area contributed by atoms with E-state index in [4.69, 9.17) is 4.74 Å². The number of ether oxygens (including phenoxy) is 1. The van der Waals surface area contributed by atoms with Gasteiger partial charge in [-0.1, -0.05) is 0 Å². The SMILES string of the molecule is O=C(COC(=O)c1ccc(N2CCCC2)c([N+](=O)[O-])c1)Nc1ccc(S(=O)(=O)N2CCCC2)cc1. The van der Waals surface area contributed by atoms with Crippen molar-refractivity contribution in [3.05, 3.63) is 58.1 Å². The van der Waals surface area contributed by atoms with Crippen molar-refractivity contribution in [1.82, 2.24) is 4.31 Å². The van der Waals surface area contributed by atoms with Crippen molar-refractivity contribution in [2.75, 3.05) is 43.0 Å². The highest BCUT2D eigenvalue weighted by atomic mass is 32.2. The van der Waals surface area contributed by atoms with E-state index in [1.54, 1.807) is 0 Å². The maximum absolute atomic E-state index is 12.6. The second-order valence-electron chi connectivity index (χ2n) is 8.41. The molecule has 35 heavy (non-hydrogen) atoms. The molecule has 12 heteroatoms. The summed E-state index contributed by atoms with van der Waals surface area (Å²) in [5.41, 5.74) is 0.590. The van der Waals surface area contributed by atoms with E-state index in [0.717, 1.165) is 44.8 Å². The molecule has 0 aliphatic carbocycles. The van der Waals surface area contributed by atoms with Crippen LogP contribution in [0.3, 0.4) is 0 Å². The quantitative estimate of drug-likeness (QED) is 0.330. The van der Waals surface area contributed by atoms with Gasteiger partial charge in [-0.25, -0.2) is 13.2 Å². The third-order valence-corrected chi connectivity index (χ3v) is 7.94. The fourth-order valence-corrected chi connectivity index (χ4v) is 5.74. The first-order valence-corrected chi connectivity index (χ1v) is 12.8. The normalized spacial score (nSPS) is 16.3. The van der Waals surface area contributed by atoms with Crippen LogP contribution in [0.4, 0.5) is 17.1 Å². The Morgan fingerprint density at radius 3 is 2.23 bits per heavy atom. The standard InChI is InChI=1S/C23H26N4O7S/c28-22(24-18-6-8-19(9-7-18)35(32,33)26-13-3-4-14-26)16-34-23(29)17-5-10-20(21(15-17)27(30)31)25-11-1-2-12-25/h5-10,15H,1-4,11-14,16H2,(H,24,28). The molecule has 0 unspecified atom stereocenters. The van der Waals surface area contributed by atoms with Crippen molar-refractivity contribution in [3.8, 4) is 0 Å². The molecular weight excluding hydrogens is 476 g/mol. The second kappa shape index (κ2) is 10.4. The van der Waals surface area contributed by atoms with Crippen molar-refractivity contribution in [2.24, 2.45) is 0 Å². The van der Waals surface area contributed by atoms with E-state index in [1.807, 2.05) is 4.90 Å². The topological polar surface area (TPSA) is 139 Å². The first-order chi connectivity index (χ1) is 16.8. The van der Waals surface area contributed by atoms with Gasteiger partial charge in [0.05, 0.1) is 15.4 Å². The van der Waals surface area contributed by atoms with Gasteiger partial charge in [-0.2, -0.15) is 4.31 Å². The zero-order chi connectivity index (χ0) is 25.0. The predicted octanol–water partition coefficient (Wildman–Crippen LogP) is 2.78. The number of benzene rings is 2. The van der Waals surface area contributed by atoms with Gasteiger partial charge in [-0.05, 0) is 62.1 Å². The molecule has 0 radical (unpaired) electrons. The van der Waals surface area contributed by atoms with Crippen LogP contribution in [0.1, 0.15) is 36.0 Å². The molecule has 0 spiro atoms. The number of nitrogens with zero attached hydrogens (tertiary/aromatic N) is 3. The lowest BCUT2D eigenvalue weighted by Crippen LogP contribution is -2.27. The average Bonchev–Trinajstić information content (AvgIpc) is 3.57. The lowest BCUT2D eigenvalue weighted by atomic mass is 10.1. The molecule has 1 N–H and O–H groups in total. The first-order valence-electron chi connectivity index (χ1n) is 11.4. The molecule has 186 valence electrons. The Morgan fingerprint density at radius 2 is 1.60 bits per heavy atom. The number of carbonyl (C=O) groups is 2. The van der Waals surface area contributed by atoms with E-state index in [1.165, 1.54) is 40.7 Å². The van der Waals surface area contributed by atoms with Gasteiger partial charge < -0.3 is 15.0 Å². The summed E-state index contributed by atoms with van der Waals surface area (Å²) in [6.45, 7) is 1.83. The van der Waals surface area contributed by atoms with Crippen LogP contribution in [0.25, 0.3) is 0 Å². The monoisotopic (exact) mass is 502 g/mol. The number of carbonyl (C=O) groups excluding carboxylic acids is 2. The molecule has 1 amide bonds. The fourth-order valence-electron chi connectivity index (χ4n) is 4.22. The minimum Gasteiger partial charge on any atom is -0.452 e. The molecule has 2 aliphatic heterocycles. The van der Waals surface area contributed by atoms with Crippen LogP contribution in [0, 0.1) is 10.1 Å². The zero-order valence-electron chi connectivity index (χ0n) is 19.0. The van der Waals surface area contributed by atoms with Crippen LogP contribution >= 0.6 is 0 Å². The second-order valence-corrected chi connectivity index (χ2v) is 10.4. The van der Waals surface area contributed by atoms with Crippen molar-refractivity contribution in [2.45, 2.75) is 30.6 Å². The molecule has 0 atom stereocenters. The largest absolute Gasteiger partial charge is 0.452 e. The summed E-state index contributed by atoms with van der Waals surface area (Å²) in [4.78, 5) is 37.6. The van der Waals surface area contributed by atoms with Crippen LogP contribution in [-0.2, 0) is 19.6 Å². The van der Waals surface area contributed by atoms with Crippen LogP contribution in [0.15, 0.2) is 47.4 Å². The van der Waals surface area contributed by atoms with Crippen molar-refractivity contribution in [1.29, 1.82) is 0 Å². The number of hydrogen-bond acceptors (Lipinski definition) is 8. The number of amides is 1. The van der Waals surface area contributed by atoms with Gasteiger partial charge in [0.25, 0.3) is 11.6 Å². The minimum absolute atomic E-state index is 0.0241. The Bertz CT molecular complexity index is 1220. The Labute approximate surface area is 202 Å². The van der Waals surface area contributed by atoms with Gasteiger partial charge in [0.1, 0.15) is 5.69 Å². The molecule has 0 saturated carbocycles. The molecule has 2 fully saturated rings. The minimum atomic E-state index is -3.55. The molecule has 0 bridgehead atoms. The maximum Gasteiger partial charge on any atom is 0.338 e. The molecule has 0 aromatic heterocycles. The van der Waals surface area contributed by atoms with Crippen molar-refractivity contribution >= 4 is 39.0 Å². The van der Waals surface area contributed by atoms with Gasteiger partial charge in [-0.15, -0.1) is 0 Å². The lowest BCUT2D eigenvalue weighted by molar-refractivity contribution is -0.384. The molecular formula is C23H26N4O7S. The summed E-state index contributed by atoms with van der Waals surface area (Å²) in [6.07, 6.45) is 3.57. The Morgan fingerprint density at radius 1 is 0.971 bits per heavy atom. The van der Waals surface area contributed by atoms with Gasteiger partial charge >= 0.3 is 5.97 Å². The highest BCUT2D eigenvalue weighted by molar-refractivity contribution is 7.89. The summed E-state index contributed by atoms with van der Waals surface area (Å²) in [7, 11) is -3.55. The summed E-state index contributed by atoms with van der Waals surface area (Å²) >= 11 is 0. The van der Waals surface area contributed by atoms with E-state index in [9.17, 15) is 28.1 Å². The Kier molecular flexibility index (Phi) is 7.31. The van der Waals surface area contributed by atoms with Gasteiger partial charge in [0.15, 0.2) is 6.61 Å². The molecule has 4 rings (SSSR count). The van der Waals surface area contributed by atoms with Gasteiger partial charge in [0.2, 0.25) is 10.0 Å². The number of rotatable bonds is 8. The van der Waals surface area contributed by atoms with E-state index in [2.05, 4.69) is 5.32 Å².